The molecule has 3 nitrogen and oxygen atoms in total. The van der Waals surface area contributed by atoms with E-state index < -0.39 is 0 Å². The summed E-state index contributed by atoms with van der Waals surface area (Å²) in [7, 11) is 0. The first kappa shape index (κ1) is 13.0. The summed E-state index contributed by atoms with van der Waals surface area (Å²) < 4.78 is 6.54. The third-order valence-corrected chi connectivity index (χ3v) is 3.91. The lowest BCUT2D eigenvalue weighted by Gasteiger charge is -2.34. The molecule has 0 aromatic heterocycles. The quantitative estimate of drug-likeness (QED) is 0.929. The first-order chi connectivity index (χ1) is 8.22. The largest absolute Gasteiger partial charge is 0.379 e. The van der Waals surface area contributed by atoms with E-state index in [-0.39, 0.29) is 6.04 Å². The van der Waals surface area contributed by atoms with Crippen molar-refractivity contribution >= 4 is 15.9 Å². The fraction of sp³-hybridized carbons (Fsp3) is 0.538. The fourth-order valence-corrected chi connectivity index (χ4v) is 3.02. The molecule has 1 fully saturated rings. The molecule has 17 heavy (non-hydrogen) atoms. The molecule has 1 heterocycles. The predicted molar refractivity (Wildman–Crippen MR) is 73.1 cm³/mol. The zero-order valence-corrected chi connectivity index (χ0v) is 11.7. The van der Waals surface area contributed by atoms with E-state index in [2.05, 4.69) is 46.0 Å². The highest BCUT2D eigenvalue weighted by atomic mass is 79.9. The van der Waals surface area contributed by atoms with E-state index in [0.717, 1.165) is 30.8 Å². The molecule has 1 atom stereocenters. The van der Waals surface area contributed by atoms with Crippen LogP contribution in [0, 0.1) is 6.92 Å². The van der Waals surface area contributed by atoms with Gasteiger partial charge in [0, 0.05) is 30.1 Å². The number of hydrogen-bond donors (Lipinski definition) is 1. The first-order valence-electron chi connectivity index (χ1n) is 6.00. The number of morpholine rings is 1. The average Bonchev–Trinajstić information content (AvgIpc) is 2.34. The number of aryl methyl sites for hydroxylation is 1. The highest BCUT2D eigenvalue weighted by Crippen LogP contribution is 2.28. The molecule has 0 bridgehead atoms. The van der Waals surface area contributed by atoms with Crippen molar-refractivity contribution in [2.24, 2.45) is 5.73 Å². The highest BCUT2D eigenvalue weighted by molar-refractivity contribution is 9.10. The Morgan fingerprint density at radius 3 is 2.71 bits per heavy atom. The third-order valence-electron chi connectivity index (χ3n) is 3.22. The number of halogens is 1. The maximum absolute atomic E-state index is 5.94. The molecule has 2 rings (SSSR count). The predicted octanol–water partition coefficient (Wildman–Crippen LogP) is 2.09. The molecule has 1 aliphatic rings. The molecule has 1 aliphatic heterocycles. The number of nitrogens with two attached hydrogens (primary N) is 1. The molecule has 0 amide bonds. The maximum atomic E-state index is 5.94. The highest BCUT2D eigenvalue weighted by Gasteiger charge is 2.22. The molecule has 0 spiro atoms. The minimum Gasteiger partial charge on any atom is -0.379 e. The smallest absolute Gasteiger partial charge is 0.0594 e. The fourth-order valence-electron chi connectivity index (χ4n) is 2.26. The van der Waals surface area contributed by atoms with Gasteiger partial charge in [-0.15, -0.1) is 0 Å². The van der Waals surface area contributed by atoms with Crippen LogP contribution in [0.3, 0.4) is 0 Å². The molecule has 1 aromatic rings. The second-order valence-electron chi connectivity index (χ2n) is 4.42. The monoisotopic (exact) mass is 298 g/mol. The average molecular weight is 299 g/mol. The van der Waals surface area contributed by atoms with Gasteiger partial charge in [0.25, 0.3) is 0 Å². The molecule has 94 valence electrons. The van der Waals surface area contributed by atoms with E-state index >= 15 is 0 Å². The number of ether oxygens (including phenoxy) is 1. The Hall–Kier alpha value is -0.420. The van der Waals surface area contributed by atoms with Gasteiger partial charge in [0.2, 0.25) is 0 Å². The Bertz CT molecular complexity index is 378. The molecular formula is C13H19BrN2O. The zero-order valence-electron chi connectivity index (χ0n) is 10.2. The van der Waals surface area contributed by atoms with Gasteiger partial charge in [-0.3, -0.25) is 4.90 Å². The normalized spacial score (nSPS) is 19.2. The summed E-state index contributed by atoms with van der Waals surface area (Å²) >= 11 is 3.64. The van der Waals surface area contributed by atoms with Crippen LogP contribution in [-0.2, 0) is 4.74 Å². The van der Waals surface area contributed by atoms with Crippen LogP contribution < -0.4 is 5.73 Å². The van der Waals surface area contributed by atoms with Crippen molar-refractivity contribution < 1.29 is 4.74 Å². The number of nitrogens with zero attached hydrogens (tertiary/aromatic N) is 1. The van der Waals surface area contributed by atoms with Crippen molar-refractivity contribution in [2.75, 3.05) is 32.8 Å². The van der Waals surface area contributed by atoms with Crippen molar-refractivity contribution in [3.8, 4) is 0 Å². The Morgan fingerprint density at radius 2 is 2.12 bits per heavy atom. The van der Waals surface area contributed by atoms with Gasteiger partial charge in [-0.05, 0) is 24.1 Å². The lowest BCUT2D eigenvalue weighted by molar-refractivity contribution is 0.0177. The van der Waals surface area contributed by atoms with E-state index in [1.807, 2.05) is 0 Å². The standard InChI is InChI=1S/C13H19BrN2O/c1-10-2-3-11(12(14)8-10)13(9-15)16-4-6-17-7-5-16/h2-3,8,13H,4-7,9,15H2,1H3. The first-order valence-corrected chi connectivity index (χ1v) is 6.79. The SMILES string of the molecule is Cc1ccc(C(CN)N2CCOCC2)c(Br)c1. The maximum Gasteiger partial charge on any atom is 0.0594 e. The zero-order chi connectivity index (χ0) is 12.3. The molecule has 1 unspecified atom stereocenters. The van der Waals surface area contributed by atoms with Crippen LogP contribution in [0.4, 0.5) is 0 Å². The Labute approximate surface area is 111 Å². The molecule has 4 heteroatoms. The minimum absolute atomic E-state index is 0.286. The lowest BCUT2D eigenvalue weighted by Crippen LogP contribution is -2.41. The van der Waals surface area contributed by atoms with Gasteiger partial charge in [0.05, 0.1) is 13.2 Å². The van der Waals surface area contributed by atoms with Crippen LogP contribution in [0.5, 0.6) is 0 Å². The van der Waals surface area contributed by atoms with Crippen molar-refractivity contribution in [1.29, 1.82) is 0 Å². The summed E-state index contributed by atoms with van der Waals surface area (Å²) in [6.45, 7) is 6.27. The summed E-state index contributed by atoms with van der Waals surface area (Å²) in [6.07, 6.45) is 0. The summed E-state index contributed by atoms with van der Waals surface area (Å²) in [5.74, 6) is 0. The van der Waals surface area contributed by atoms with E-state index in [1.54, 1.807) is 0 Å². The van der Waals surface area contributed by atoms with Gasteiger partial charge in [-0.2, -0.15) is 0 Å². The molecular weight excluding hydrogens is 280 g/mol. The van der Waals surface area contributed by atoms with Crippen LogP contribution >= 0.6 is 15.9 Å². The topological polar surface area (TPSA) is 38.5 Å². The molecule has 1 saturated heterocycles. The summed E-state index contributed by atoms with van der Waals surface area (Å²) in [6, 6.07) is 6.75. The van der Waals surface area contributed by atoms with E-state index in [4.69, 9.17) is 10.5 Å². The molecule has 0 saturated carbocycles. The van der Waals surface area contributed by atoms with Crippen molar-refractivity contribution in [3.05, 3.63) is 33.8 Å². The number of rotatable bonds is 3. The van der Waals surface area contributed by atoms with Crippen LogP contribution in [-0.4, -0.2) is 37.7 Å². The van der Waals surface area contributed by atoms with Gasteiger partial charge in [-0.1, -0.05) is 28.1 Å². The molecule has 1 aromatic carbocycles. The van der Waals surface area contributed by atoms with Gasteiger partial charge >= 0.3 is 0 Å². The van der Waals surface area contributed by atoms with Crippen molar-refractivity contribution in [1.82, 2.24) is 4.90 Å². The lowest BCUT2D eigenvalue weighted by atomic mass is 10.0. The van der Waals surface area contributed by atoms with Gasteiger partial charge < -0.3 is 10.5 Å². The minimum atomic E-state index is 0.286. The second-order valence-corrected chi connectivity index (χ2v) is 5.28. The molecule has 2 N–H and O–H groups in total. The van der Waals surface area contributed by atoms with Crippen molar-refractivity contribution in [3.63, 3.8) is 0 Å². The number of hydrogen-bond acceptors (Lipinski definition) is 3. The Morgan fingerprint density at radius 1 is 1.41 bits per heavy atom. The molecule has 0 aliphatic carbocycles. The van der Waals surface area contributed by atoms with Crippen LogP contribution in [0.2, 0.25) is 0 Å². The Kier molecular flexibility index (Phi) is 4.56. The van der Waals surface area contributed by atoms with Crippen LogP contribution in [0.15, 0.2) is 22.7 Å². The molecule has 0 radical (unpaired) electrons. The summed E-state index contributed by atoms with van der Waals surface area (Å²) in [5, 5.41) is 0. The van der Waals surface area contributed by atoms with E-state index in [1.165, 1.54) is 11.1 Å². The second kappa shape index (κ2) is 5.96. The van der Waals surface area contributed by atoms with Crippen LogP contribution in [0.25, 0.3) is 0 Å². The Balaban J connectivity index is 2.21. The van der Waals surface area contributed by atoms with Gasteiger partial charge in [-0.25, -0.2) is 0 Å². The van der Waals surface area contributed by atoms with Gasteiger partial charge in [0.1, 0.15) is 0 Å². The summed E-state index contributed by atoms with van der Waals surface area (Å²) in [4.78, 5) is 2.40. The van der Waals surface area contributed by atoms with Crippen LogP contribution in [0.1, 0.15) is 17.2 Å². The van der Waals surface area contributed by atoms with Gasteiger partial charge in [0.15, 0.2) is 0 Å². The number of benzene rings is 1. The van der Waals surface area contributed by atoms with Crippen molar-refractivity contribution in [2.45, 2.75) is 13.0 Å². The van der Waals surface area contributed by atoms with E-state index in [0.29, 0.717) is 6.54 Å². The van der Waals surface area contributed by atoms with E-state index in [9.17, 15) is 0 Å². The third kappa shape index (κ3) is 3.07. The summed E-state index contributed by atoms with van der Waals surface area (Å²) in [5.41, 5.74) is 8.48.